The summed E-state index contributed by atoms with van der Waals surface area (Å²) in [4.78, 5) is 0. The average Bonchev–Trinajstić information content (AvgIpc) is 2.58. The lowest BCUT2D eigenvalue weighted by atomic mass is 10.1. The number of hydrogen-bond donors (Lipinski definition) is 1. The van der Waals surface area contributed by atoms with Gasteiger partial charge in [-0.25, -0.2) is 8.93 Å². The standard InChI is InChI=1S/C21H30NOPS/c1-17(2)20(22-25(23)21(3,4)5)16-24(18-12-8-6-9-13-18)19-14-10-7-11-15-19/h6-15,17,20,22H,16H2,1-5H3/t20-,25+/m0/s1. The van der Waals surface area contributed by atoms with E-state index in [1.807, 2.05) is 20.8 Å². The van der Waals surface area contributed by atoms with Gasteiger partial charge in [-0.1, -0.05) is 74.5 Å². The summed E-state index contributed by atoms with van der Waals surface area (Å²) in [6.07, 6.45) is 0.989. The Morgan fingerprint density at radius 1 is 0.920 bits per heavy atom. The molecule has 25 heavy (non-hydrogen) atoms. The Balaban J connectivity index is 2.29. The minimum Gasteiger partial charge on any atom is -0.242 e. The highest BCUT2D eigenvalue weighted by Gasteiger charge is 2.27. The van der Waals surface area contributed by atoms with E-state index in [0.29, 0.717) is 5.92 Å². The van der Waals surface area contributed by atoms with E-state index in [-0.39, 0.29) is 10.8 Å². The molecule has 1 N–H and O–H groups in total. The lowest BCUT2D eigenvalue weighted by Crippen LogP contribution is -2.44. The number of hydrogen-bond acceptors (Lipinski definition) is 1. The van der Waals surface area contributed by atoms with Gasteiger partial charge in [-0.3, -0.25) is 0 Å². The first-order valence-corrected chi connectivity index (χ1v) is 11.5. The molecular formula is C21H30NOPS. The largest absolute Gasteiger partial charge is 0.242 e. The normalized spacial score (nSPS) is 14.7. The summed E-state index contributed by atoms with van der Waals surface area (Å²) in [5, 5.41) is 2.75. The van der Waals surface area contributed by atoms with Crippen LogP contribution in [-0.2, 0) is 11.0 Å². The predicted molar refractivity (Wildman–Crippen MR) is 114 cm³/mol. The van der Waals surface area contributed by atoms with Crippen LogP contribution in [0.5, 0.6) is 0 Å². The molecule has 2 nitrogen and oxygen atoms in total. The van der Waals surface area contributed by atoms with E-state index in [4.69, 9.17) is 0 Å². The quantitative estimate of drug-likeness (QED) is 0.722. The minimum absolute atomic E-state index is 0.214. The molecule has 0 bridgehead atoms. The Hall–Kier alpha value is -1.02. The van der Waals surface area contributed by atoms with Gasteiger partial charge < -0.3 is 0 Å². The topological polar surface area (TPSA) is 29.1 Å². The third-order valence-corrected chi connectivity index (χ3v) is 8.37. The first kappa shape index (κ1) is 20.3. The Labute approximate surface area is 156 Å². The first-order valence-electron chi connectivity index (χ1n) is 8.84. The Morgan fingerprint density at radius 3 is 1.72 bits per heavy atom. The SMILES string of the molecule is CC(C)[C@H](CP(c1ccccc1)c1ccccc1)N[S@](=O)C(C)(C)C. The highest BCUT2D eigenvalue weighted by molar-refractivity contribution is 7.84. The molecule has 0 amide bonds. The van der Waals surface area contributed by atoms with Crippen LogP contribution >= 0.6 is 7.92 Å². The minimum atomic E-state index is -1.06. The molecule has 2 atom stereocenters. The van der Waals surface area contributed by atoms with E-state index < -0.39 is 18.9 Å². The van der Waals surface area contributed by atoms with Crippen LogP contribution in [0.25, 0.3) is 0 Å². The molecule has 0 aromatic heterocycles. The zero-order valence-electron chi connectivity index (χ0n) is 15.9. The fourth-order valence-electron chi connectivity index (χ4n) is 2.47. The molecule has 0 unspecified atom stereocenters. The van der Waals surface area contributed by atoms with E-state index in [0.717, 1.165) is 6.16 Å². The Morgan fingerprint density at radius 2 is 1.36 bits per heavy atom. The molecule has 0 fully saturated rings. The van der Waals surface area contributed by atoms with Gasteiger partial charge in [-0.05, 0) is 51.4 Å². The molecule has 0 radical (unpaired) electrons. The lowest BCUT2D eigenvalue weighted by molar-refractivity contribution is 0.492. The fraction of sp³-hybridized carbons (Fsp3) is 0.429. The van der Waals surface area contributed by atoms with Gasteiger partial charge in [0.15, 0.2) is 0 Å². The Bertz CT molecular complexity index is 628. The van der Waals surface area contributed by atoms with Crippen molar-refractivity contribution in [1.82, 2.24) is 4.72 Å². The molecular weight excluding hydrogens is 345 g/mol. The van der Waals surface area contributed by atoms with Crippen LogP contribution < -0.4 is 15.3 Å². The van der Waals surface area contributed by atoms with Crippen LogP contribution in [0.15, 0.2) is 60.7 Å². The second-order valence-corrected chi connectivity index (χ2v) is 11.9. The van der Waals surface area contributed by atoms with Gasteiger partial charge in [0.1, 0.15) is 0 Å². The van der Waals surface area contributed by atoms with E-state index in [2.05, 4.69) is 79.2 Å². The Kier molecular flexibility index (Phi) is 7.37. The third-order valence-electron chi connectivity index (χ3n) is 4.13. The van der Waals surface area contributed by atoms with Crippen LogP contribution in [0.1, 0.15) is 34.6 Å². The highest BCUT2D eigenvalue weighted by Crippen LogP contribution is 2.35. The maximum absolute atomic E-state index is 12.6. The zero-order chi connectivity index (χ0) is 18.4. The van der Waals surface area contributed by atoms with Crippen LogP contribution in [0.3, 0.4) is 0 Å². The van der Waals surface area contributed by atoms with Crippen molar-refractivity contribution in [1.29, 1.82) is 0 Å². The molecule has 0 aliphatic heterocycles. The summed E-state index contributed by atoms with van der Waals surface area (Å²) in [5.41, 5.74) is 0. The highest BCUT2D eigenvalue weighted by atomic mass is 32.2. The van der Waals surface area contributed by atoms with Crippen LogP contribution in [-0.4, -0.2) is 21.2 Å². The maximum Gasteiger partial charge on any atom is 0.0972 e. The van der Waals surface area contributed by atoms with E-state index >= 15 is 0 Å². The molecule has 2 aromatic carbocycles. The second-order valence-electron chi connectivity index (χ2n) is 7.63. The van der Waals surface area contributed by atoms with Crippen molar-refractivity contribution in [3.05, 3.63) is 60.7 Å². The van der Waals surface area contributed by atoms with Crippen molar-refractivity contribution in [2.75, 3.05) is 6.16 Å². The molecule has 2 rings (SSSR count). The summed E-state index contributed by atoms with van der Waals surface area (Å²) in [6.45, 7) is 10.5. The summed E-state index contributed by atoms with van der Waals surface area (Å²) in [7, 11) is -1.54. The second kappa shape index (κ2) is 9.07. The lowest BCUT2D eigenvalue weighted by Gasteiger charge is -2.30. The molecule has 2 aromatic rings. The van der Waals surface area contributed by atoms with Crippen molar-refractivity contribution in [3.8, 4) is 0 Å². The van der Waals surface area contributed by atoms with Gasteiger partial charge in [0.25, 0.3) is 0 Å². The smallest absolute Gasteiger partial charge is 0.0972 e. The molecule has 136 valence electrons. The van der Waals surface area contributed by atoms with E-state index in [9.17, 15) is 4.21 Å². The fourth-order valence-corrected chi connectivity index (χ4v) is 6.27. The van der Waals surface area contributed by atoms with Crippen LogP contribution in [0.2, 0.25) is 0 Å². The molecule has 0 aliphatic rings. The number of nitrogens with one attached hydrogen (secondary N) is 1. The first-order chi connectivity index (χ1) is 11.8. The van der Waals surface area contributed by atoms with Gasteiger partial charge in [0.2, 0.25) is 0 Å². The van der Waals surface area contributed by atoms with Crippen molar-refractivity contribution < 1.29 is 4.21 Å². The average molecular weight is 376 g/mol. The third kappa shape index (κ3) is 6.02. The molecule has 0 saturated heterocycles. The molecule has 4 heteroatoms. The van der Waals surface area contributed by atoms with E-state index in [1.54, 1.807) is 0 Å². The van der Waals surface area contributed by atoms with Gasteiger partial charge in [0, 0.05) is 6.04 Å². The van der Waals surface area contributed by atoms with Gasteiger partial charge in [-0.15, -0.1) is 0 Å². The number of rotatable bonds is 7. The predicted octanol–water partition coefficient (Wildman–Crippen LogP) is 4.20. The van der Waals surface area contributed by atoms with Crippen molar-refractivity contribution in [2.24, 2.45) is 5.92 Å². The van der Waals surface area contributed by atoms with Crippen LogP contribution in [0.4, 0.5) is 0 Å². The zero-order valence-corrected chi connectivity index (χ0v) is 17.6. The molecule has 0 heterocycles. The molecule has 0 spiro atoms. The summed E-state index contributed by atoms with van der Waals surface area (Å²) >= 11 is 0. The summed E-state index contributed by atoms with van der Waals surface area (Å²) in [6, 6.07) is 21.7. The molecule has 0 aliphatic carbocycles. The van der Waals surface area contributed by atoms with E-state index in [1.165, 1.54) is 10.6 Å². The summed E-state index contributed by atoms with van der Waals surface area (Å²) < 4.78 is 15.8. The van der Waals surface area contributed by atoms with Gasteiger partial charge in [0.05, 0.1) is 15.7 Å². The van der Waals surface area contributed by atoms with Gasteiger partial charge >= 0.3 is 0 Å². The monoisotopic (exact) mass is 375 g/mol. The maximum atomic E-state index is 12.6. The number of benzene rings is 2. The van der Waals surface area contributed by atoms with Crippen molar-refractivity contribution in [2.45, 2.75) is 45.4 Å². The molecule has 0 saturated carbocycles. The van der Waals surface area contributed by atoms with Gasteiger partial charge in [-0.2, -0.15) is 0 Å². The van der Waals surface area contributed by atoms with Crippen LogP contribution in [0, 0.1) is 5.92 Å². The van der Waals surface area contributed by atoms with Crippen molar-refractivity contribution >= 4 is 29.5 Å². The van der Waals surface area contributed by atoms with Crippen molar-refractivity contribution in [3.63, 3.8) is 0 Å². The summed E-state index contributed by atoms with van der Waals surface area (Å²) in [5.74, 6) is 0.420.